The summed E-state index contributed by atoms with van der Waals surface area (Å²) >= 11 is 0. The van der Waals surface area contributed by atoms with Crippen LogP contribution in [0.25, 0.3) is 0 Å². The topological polar surface area (TPSA) is 99.7 Å². The SMILES string of the molecule is CS(=O)(=O)N(CC(=O)N(Cc1ccccc1)C(Cc1ccccc1)C(=O)NCc1cccnc1)Cc1ccccc1. The Morgan fingerprint density at radius 3 is 1.83 bits per heavy atom. The molecule has 0 spiro atoms. The van der Waals surface area contributed by atoms with Gasteiger partial charge < -0.3 is 10.2 Å². The van der Waals surface area contributed by atoms with Crippen molar-refractivity contribution in [1.29, 1.82) is 0 Å². The van der Waals surface area contributed by atoms with Crippen molar-refractivity contribution in [3.63, 3.8) is 0 Å². The van der Waals surface area contributed by atoms with Crippen molar-refractivity contribution in [2.24, 2.45) is 0 Å². The highest BCUT2D eigenvalue weighted by atomic mass is 32.2. The summed E-state index contributed by atoms with van der Waals surface area (Å²) in [5.41, 5.74) is 3.29. The maximum absolute atomic E-state index is 14.0. The number of carbonyl (C=O) groups excluding carboxylic acids is 2. The van der Waals surface area contributed by atoms with Crippen LogP contribution in [-0.2, 0) is 45.7 Å². The second-order valence-electron chi connectivity index (χ2n) is 9.81. The lowest BCUT2D eigenvalue weighted by Crippen LogP contribution is -2.53. The highest BCUT2D eigenvalue weighted by molar-refractivity contribution is 7.88. The molecule has 4 rings (SSSR count). The fraction of sp³-hybridized carbons (Fsp3) is 0.219. The average Bonchev–Trinajstić information content (AvgIpc) is 2.99. The van der Waals surface area contributed by atoms with E-state index >= 15 is 0 Å². The highest BCUT2D eigenvalue weighted by Crippen LogP contribution is 2.17. The van der Waals surface area contributed by atoms with E-state index in [1.54, 1.807) is 18.5 Å². The first-order valence-electron chi connectivity index (χ1n) is 13.3. The zero-order valence-corrected chi connectivity index (χ0v) is 23.8. The third-order valence-corrected chi connectivity index (χ3v) is 7.83. The molecule has 1 N–H and O–H groups in total. The number of carbonyl (C=O) groups is 2. The van der Waals surface area contributed by atoms with E-state index in [2.05, 4.69) is 10.3 Å². The molecule has 0 aliphatic heterocycles. The van der Waals surface area contributed by atoms with Crippen molar-refractivity contribution in [2.75, 3.05) is 12.8 Å². The molecule has 0 saturated heterocycles. The lowest BCUT2D eigenvalue weighted by Gasteiger charge is -2.33. The maximum Gasteiger partial charge on any atom is 0.243 e. The first-order chi connectivity index (χ1) is 19.8. The van der Waals surface area contributed by atoms with E-state index in [-0.39, 0.29) is 32.0 Å². The van der Waals surface area contributed by atoms with E-state index in [9.17, 15) is 18.0 Å². The first-order valence-corrected chi connectivity index (χ1v) is 15.2. The predicted molar refractivity (Wildman–Crippen MR) is 159 cm³/mol. The molecule has 1 atom stereocenters. The van der Waals surface area contributed by atoms with Gasteiger partial charge in [-0.25, -0.2) is 8.42 Å². The number of benzene rings is 3. The zero-order chi connectivity index (χ0) is 29.1. The van der Waals surface area contributed by atoms with Crippen molar-refractivity contribution in [2.45, 2.75) is 32.1 Å². The summed E-state index contributed by atoms with van der Waals surface area (Å²) in [4.78, 5) is 33.4. The molecule has 212 valence electrons. The van der Waals surface area contributed by atoms with E-state index in [1.165, 1.54) is 4.90 Å². The molecule has 41 heavy (non-hydrogen) atoms. The number of hydrogen-bond donors (Lipinski definition) is 1. The van der Waals surface area contributed by atoms with Gasteiger partial charge in [0.1, 0.15) is 6.04 Å². The summed E-state index contributed by atoms with van der Waals surface area (Å²) in [5, 5.41) is 2.96. The number of nitrogens with one attached hydrogen (secondary N) is 1. The molecule has 3 aromatic carbocycles. The number of pyridine rings is 1. The summed E-state index contributed by atoms with van der Waals surface area (Å²) in [6.07, 6.45) is 4.68. The Balaban J connectivity index is 1.66. The standard InChI is InChI=1S/C32H34N4O4S/c1-41(39,40)35(23-27-14-7-3-8-15-27)25-31(37)36(24-28-16-9-4-10-17-28)30(20-26-12-5-2-6-13-26)32(38)34-22-29-18-11-19-33-21-29/h2-19,21,30H,20,22-25H2,1H3,(H,34,38). The van der Waals surface area contributed by atoms with Crippen LogP contribution < -0.4 is 5.32 Å². The van der Waals surface area contributed by atoms with Crippen LogP contribution in [0.5, 0.6) is 0 Å². The number of nitrogens with zero attached hydrogens (tertiary/aromatic N) is 3. The van der Waals surface area contributed by atoms with E-state index in [0.29, 0.717) is 0 Å². The summed E-state index contributed by atoms with van der Waals surface area (Å²) < 4.78 is 26.7. The number of amides is 2. The fourth-order valence-electron chi connectivity index (χ4n) is 4.46. The van der Waals surface area contributed by atoms with Crippen LogP contribution in [0.1, 0.15) is 22.3 Å². The van der Waals surface area contributed by atoms with Crippen molar-refractivity contribution in [3.8, 4) is 0 Å². The number of rotatable bonds is 13. The second kappa shape index (κ2) is 14.3. The van der Waals surface area contributed by atoms with Gasteiger partial charge in [0.25, 0.3) is 0 Å². The van der Waals surface area contributed by atoms with Gasteiger partial charge in [-0.1, -0.05) is 97.1 Å². The maximum atomic E-state index is 14.0. The molecule has 0 radical (unpaired) electrons. The van der Waals surface area contributed by atoms with Crippen LogP contribution in [0.3, 0.4) is 0 Å². The minimum Gasteiger partial charge on any atom is -0.350 e. The fourth-order valence-corrected chi connectivity index (χ4v) is 5.19. The summed E-state index contributed by atoms with van der Waals surface area (Å²) in [7, 11) is -3.74. The van der Waals surface area contributed by atoms with Crippen LogP contribution >= 0.6 is 0 Å². The Kier molecular flexibility index (Phi) is 10.4. The summed E-state index contributed by atoms with van der Waals surface area (Å²) in [6.45, 7) is 0.0259. The van der Waals surface area contributed by atoms with Crippen LogP contribution in [0.15, 0.2) is 116 Å². The van der Waals surface area contributed by atoms with E-state index < -0.39 is 28.5 Å². The van der Waals surface area contributed by atoms with Gasteiger partial charge in [0.15, 0.2) is 0 Å². The first kappa shape index (κ1) is 29.6. The molecule has 0 saturated carbocycles. The Bertz CT molecular complexity index is 1500. The van der Waals surface area contributed by atoms with Gasteiger partial charge in [0.05, 0.1) is 12.8 Å². The van der Waals surface area contributed by atoms with Crippen molar-refractivity contribution < 1.29 is 18.0 Å². The number of aromatic nitrogens is 1. The van der Waals surface area contributed by atoms with E-state index in [4.69, 9.17) is 0 Å². The molecule has 1 aromatic heterocycles. The molecule has 8 nitrogen and oxygen atoms in total. The lowest BCUT2D eigenvalue weighted by molar-refractivity contribution is -0.141. The quantitative estimate of drug-likeness (QED) is 0.264. The molecular formula is C32H34N4O4S. The summed E-state index contributed by atoms with van der Waals surface area (Å²) in [5.74, 6) is -0.802. The third kappa shape index (κ3) is 9.09. The van der Waals surface area contributed by atoms with Crippen LogP contribution in [0, 0.1) is 0 Å². The van der Waals surface area contributed by atoms with Crippen LogP contribution in [0.4, 0.5) is 0 Å². The number of sulfonamides is 1. The average molecular weight is 571 g/mol. The van der Waals surface area contributed by atoms with Gasteiger partial charge >= 0.3 is 0 Å². The molecule has 4 aromatic rings. The minimum atomic E-state index is -3.74. The van der Waals surface area contributed by atoms with Crippen LogP contribution in [-0.4, -0.2) is 53.3 Å². The molecule has 0 aliphatic carbocycles. The van der Waals surface area contributed by atoms with Gasteiger partial charge in [0.2, 0.25) is 21.8 Å². The van der Waals surface area contributed by atoms with Gasteiger partial charge in [-0.05, 0) is 28.3 Å². The zero-order valence-electron chi connectivity index (χ0n) is 23.0. The van der Waals surface area contributed by atoms with E-state index in [1.807, 2.05) is 97.1 Å². The lowest BCUT2D eigenvalue weighted by atomic mass is 10.0. The second-order valence-corrected chi connectivity index (χ2v) is 11.8. The Labute approximate surface area is 241 Å². The molecule has 2 amide bonds. The summed E-state index contributed by atoms with van der Waals surface area (Å²) in [6, 6.07) is 30.7. The monoisotopic (exact) mass is 570 g/mol. The normalized spacial score (nSPS) is 12.0. The number of hydrogen-bond acceptors (Lipinski definition) is 5. The Morgan fingerprint density at radius 1 is 0.756 bits per heavy atom. The Hall–Kier alpha value is -4.34. The third-order valence-electron chi connectivity index (χ3n) is 6.64. The van der Waals surface area contributed by atoms with Gasteiger partial charge in [-0.15, -0.1) is 0 Å². The van der Waals surface area contributed by atoms with Crippen LogP contribution in [0.2, 0.25) is 0 Å². The highest BCUT2D eigenvalue weighted by Gasteiger charge is 2.32. The van der Waals surface area contributed by atoms with Gasteiger partial charge in [0, 0.05) is 38.4 Å². The molecule has 9 heteroatoms. The van der Waals surface area contributed by atoms with Gasteiger partial charge in [-0.3, -0.25) is 14.6 Å². The molecule has 1 heterocycles. The predicted octanol–water partition coefficient (Wildman–Crippen LogP) is 3.80. The van der Waals surface area contributed by atoms with E-state index in [0.717, 1.165) is 32.8 Å². The Morgan fingerprint density at radius 2 is 1.29 bits per heavy atom. The molecule has 1 unspecified atom stereocenters. The van der Waals surface area contributed by atoms with Crippen molar-refractivity contribution in [1.82, 2.24) is 19.5 Å². The molecule has 0 fully saturated rings. The molecule has 0 aliphatic rings. The minimum absolute atomic E-state index is 0.0428. The molecular weight excluding hydrogens is 536 g/mol. The largest absolute Gasteiger partial charge is 0.350 e. The van der Waals surface area contributed by atoms with Crippen molar-refractivity contribution in [3.05, 3.63) is 138 Å². The van der Waals surface area contributed by atoms with Crippen molar-refractivity contribution >= 4 is 21.8 Å². The van der Waals surface area contributed by atoms with Gasteiger partial charge in [-0.2, -0.15) is 4.31 Å². The molecule has 0 bridgehead atoms. The smallest absolute Gasteiger partial charge is 0.243 e.